The lowest BCUT2D eigenvalue weighted by Crippen LogP contribution is -2.54. The topological polar surface area (TPSA) is 89.7 Å². The van der Waals surface area contributed by atoms with Gasteiger partial charge in [0.05, 0.1) is 7.11 Å². The number of hydrogen-bond acceptors (Lipinski definition) is 6. The number of sulfonamides is 1. The number of esters is 1. The van der Waals surface area contributed by atoms with Crippen LogP contribution in [0.25, 0.3) is 0 Å². The highest BCUT2D eigenvalue weighted by molar-refractivity contribution is 7.89. The summed E-state index contributed by atoms with van der Waals surface area (Å²) in [5.41, 5.74) is 6.34. The van der Waals surface area contributed by atoms with Gasteiger partial charge in [-0.15, -0.1) is 11.3 Å². The Balaban J connectivity index is 2.44. The van der Waals surface area contributed by atoms with Crippen LogP contribution in [0.5, 0.6) is 0 Å². The Morgan fingerprint density at radius 2 is 2.14 bits per heavy atom. The molecule has 1 saturated heterocycles. The van der Waals surface area contributed by atoms with Crippen LogP contribution >= 0.6 is 11.3 Å². The highest BCUT2D eigenvalue weighted by Crippen LogP contribution is 2.35. The molecule has 0 bridgehead atoms. The van der Waals surface area contributed by atoms with Crippen molar-refractivity contribution in [2.24, 2.45) is 11.1 Å². The molecule has 0 saturated carbocycles. The first-order valence-corrected chi connectivity index (χ1v) is 9.35. The Morgan fingerprint density at radius 1 is 1.50 bits per heavy atom. The number of carbonyl (C=O) groups excluding carboxylic acids is 1. The summed E-state index contributed by atoms with van der Waals surface area (Å²) in [6.07, 6.45) is 0.600. The number of thiophene rings is 1. The van der Waals surface area contributed by atoms with Gasteiger partial charge in [0.15, 0.2) is 0 Å². The molecule has 0 spiro atoms. The summed E-state index contributed by atoms with van der Waals surface area (Å²) in [4.78, 5) is 12.0. The van der Waals surface area contributed by atoms with E-state index >= 15 is 0 Å². The summed E-state index contributed by atoms with van der Waals surface area (Å²) in [6.45, 7) is 6.31. The zero-order valence-corrected chi connectivity index (χ0v) is 14.9. The van der Waals surface area contributed by atoms with Crippen LogP contribution in [0.1, 0.15) is 35.5 Å². The van der Waals surface area contributed by atoms with E-state index in [1.54, 1.807) is 12.3 Å². The van der Waals surface area contributed by atoms with Gasteiger partial charge in [0.25, 0.3) is 0 Å². The molecule has 8 heteroatoms. The molecule has 22 heavy (non-hydrogen) atoms. The minimum absolute atomic E-state index is 0.0393. The maximum Gasteiger partial charge on any atom is 0.349 e. The molecule has 0 aromatic carbocycles. The third-order valence-electron chi connectivity index (χ3n) is 4.16. The Morgan fingerprint density at radius 3 is 2.68 bits per heavy atom. The van der Waals surface area contributed by atoms with Crippen molar-refractivity contribution in [3.8, 4) is 0 Å². The molecule has 1 fully saturated rings. The number of nitrogens with two attached hydrogens (primary N) is 1. The molecule has 1 aliphatic heterocycles. The highest BCUT2D eigenvalue weighted by atomic mass is 32.2. The Labute approximate surface area is 135 Å². The molecular formula is C14H22N2O4S2. The molecule has 124 valence electrons. The fourth-order valence-electron chi connectivity index (χ4n) is 2.65. The van der Waals surface area contributed by atoms with Crippen LogP contribution in [0.4, 0.5) is 0 Å². The van der Waals surface area contributed by atoms with E-state index in [0.717, 1.165) is 11.3 Å². The monoisotopic (exact) mass is 346 g/mol. The van der Waals surface area contributed by atoms with Gasteiger partial charge in [0, 0.05) is 19.1 Å². The predicted octanol–water partition coefficient (Wildman–Crippen LogP) is 1.59. The Bertz CT molecular complexity index is 679. The predicted molar refractivity (Wildman–Crippen MR) is 85.5 cm³/mol. The van der Waals surface area contributed by atoms with E-state index in [1.165, 1.54) is 11.4 Å². The zero-order chi connectivity index (χ0) is 16.7. The van der Waals surface area contributed by atoms with Crippen LogP contribution < -0.4 is 5.73 Å². The molecule has 6 nitrogen and oxygen atoms in total. The summed E-state index contributed by atoms with van der Waals surface area (Å²) in [7, 11) is -2.50. The van der Waals surface area contributed by atoms with Gasteiger partial charge < -0.3 is 10.5 Å². The summed E-state index contributed by atoms with van der Waals surface area (Å²) < 4.78 is 32.1. The lowest BCUT2D eigenvalue weighted by Gasteiger charge is -2.41. The van der Waals surface area contributed by atoms with Crippen LogP contribution in [-0.2, 0) is 14.8 Å². The number of carbonyl (C=O) groups is 1. The number of aryl methyl sites for hydroxylation is 1. The fourth-order valence-corrected chi connectivity index (χ4v) is 5.93. The fraction of sp³-hybridized carbons (Fsp3) is 0.643. The Hall–Kier alpha value is -0.960. The van der Waals surface area contributed by atoms with Gasteiger partial charge in [-0.05, 0) is 29.7 Å². The van der Waals surface area contributed by atoms with E-state index < -0.39 is 16.0 Å². The second kappa shape index (κ2) is 5.92. The highest BCUT2D eigenvalue weighted by Gasteiger charge is 2.41. The van der Waals surface area contributed by atoms with Gasteiger partial charge in [0.2, 0.25) is 10.0 Å². The second-order valence-electron chi connectivity index (χ2n) is 6.29. The number of piperidine rings is 1. The van der Waals surface area contributed by atoms with Crippen LogP contribution in [0.3, 0.4) is 0 Å². The number of rotatable bonds is 3. The average molecular weight is 346 g/mol. The number of ether oxygens (including phenoxy) is 1. The molecule has 0 radical (unpaired) electrons. The first-order valence-electron chi connectivity index (χ1n) is 7.03. The molecular weight excluding hydrogens is 324 g/mol. The van der Waals surface area contributed by atoms with Crippen molar-refractivity contribution in [3.05, 3.63) is 15.8 Å². The van der Waals surface area contributed by atoms with Gasteiger partial charge in [-0.3, -0.25) is 0 Å². The van der Waals surface area contributed by atoms with Gasteiger partial charge in [-0.25, -0.2) is 13.2 Å². The molecule has 1 aliphatic rings. The van der Waals surface area contributed by atoms with E-state index in [9.17, 15) is 13.2 Å². The van der Waals surface area contributed by atoms with Crippen molar-refractivity contribution in [3.63, 3.8) is 0 Å². The van der Waals surface area contributed by atoms with Gasteiger partial charge in [0.1, 0.15) is 9.77 Å². The molecule has 1 atom stereocenters. The van der Waals surface area contributed by atoms with E-state index in [-0.39, 0.29) is 21.2 Å². The lowest BCUT2D eigenvalue weighted by molar-refractivity contribution is 0.0602. The van der Waals surface area contributed by atoms with Crippen LogP contribution in [0.2, 0.25) is 0 Å². The number of methoxy groups -OCH3 is 1. The molecule has 0 amide bonds. The standard InChI is InChI=1S/C14H22N2O4S2/c1-9-7-21-11(13(17)20-4)12(9)22(18,19)16-6-5-10(15)14(2,3)8-16/h7,10H,5-6,8,15H2,1-4H3. The SMILES string of the molecule is COC(=O)c1scc(C)c1S(=O)(=O)N1CCC(N)C(C)(C)C1. The van der Waals surface area contributed by atoms with Gasteiger partial charge in [-0.2, -0.15) is 4.31 Å². The molecule has 1 aromatic heterocycles. The number of hydrogen-bond donors (Lipinski definition) is 1. The smallest absolute Gasteiger partial charge is 0.349 e. The van der Waals surface area contributed by atoms with E-state index in [0.29, 0.717) is 25.1 Å². The van der Waals surface area contributed by atoms with Crippen molar-refractivity contribution >= 4 is 27.3 Å². The average Bonchev–Trinajstić information content (AvgIpc) is 2.83. The van der Waals surface area contributed by atoms with E-state index in [4.69, 9.17) is 10.5 Å². The summed E-state index contributed by atoms with van der Waals surface area (Å²) >= 11 is 1.10. The second-order valence-corrected chi connectivity index (χ2v) is 9.05. The third-order valence-corrected chi connectivity index (χ3v) is 7.40. The molecule has 2 rings (SSSR count). The summed E-state index contributed by atoms with van der Waals surface area (Å²) in [5.74, 6) is -0.621. The zero-order valence-electron chi connectivity index (χ0n) is 13.3. The van der Waals surface area contributed by atoms with Crippen molar-refractivity contribution in [1.82, 2.24) is 4.31 Å². The normalized spacial score (nSPS) is 22.5. The molecule has 1 unspecified atom stereocenters. The lowest BCUT2D eigenvalue weighted by atomic mass is 9.81. The van der Waals surface area contributed by atoms with E-state index in [1.807, 2.05) is 13.8 Å². The third kappa shape index (κ3) is 2.92. The molecule has 0 aliphatic carbocycles. The maximum absolute atomic E-state index is 13.0. The van der Waals surface area contributed by atoms with Crippen LogP contribution in [-0.4, -0.2) is 44.9 Å². The van der Waals surface area contributed by atoms with Crippen LogP contribution in [0.15, 0.2) is 10.3 Å². The first-order chi connectivity index (χ1) is 10.1. The van der Waals surface area contributed by atoms with Crippen molar-refractivity contribution in [1.29, 1.82) is 0 Å². The summed E-state index contributed by atoms with van der Waals surface area (Å²) in [5, 5.41) is 1.67. The Kier molecular flexibility index (Phi) is 4.68. The minimum Gasteiger partial charge on any atom is -0.465 e. The van der Waals surface area contributed by atoms with Crippen molar-refractivity contribution in [2.75, 3.05) is 20.2 Å². The number of nitrogens with zero attached hydrogens (tertiary/aromatic N) is 1. The van der Waals surface area contributed by atoms with Gasteiger partial charge in [-0.1, -0.05) is 13.8 Å². The first kappa shape index (κ1) is 17.4. The van der Waals surface area contributed by atoms with Crippen molar-refractivity contribution in [2.45, 2.75) is 38.1 Å². The quantitative estimate of drug-likeness (QED) is 0.840. The minimum atomic E-state index is -3.74. The van der Waals surface area contributed by atoms with Crippen molar-refractivity contribution < 1.29 is 17.9 Å². The maximum atomic E-state index is 13.0. The van der Waals surface area contributed by atoms with Gasteiger partial charge >= 0.3 is 5.97 Å². The summed E-state index contributed by atoms with van der Waals surface area (Å²) in [6, 6.07) is -0.0393. The largest absolute Gasteiger partial charge is 0.465 e. The van der Waals surface area contributed by atoms with E-state index in [2.05, 4.69) is 0 Å². The molecule has 1 aromatic rings. The van der Waals surface area contributed by atoms with Crippen LogP contribution in [0, 0.1) is 12.3 Å². The molecule has 2 heterocycles. The molecule has 2 N–H and O–H groups in total.